The van der Waals surface area contributed by atoms with Crippen LogP contribution >= 0.6 is 0 Å². The van der Waals surface area contributed by atoms with Crippen LogP contribution in [-0.4, -0.2) is 22.5 Å². The second kappa shape index (κ2) is 10.1. The van der Waals surface area contributed by atoms with Crippen molar-refractivity contribution in [2.75, 3.05) is 0 Å². The van der Waals surface area contributed by atoms with Gasteiger partial charge in [-0.25, -0.2) is 0 Å². The summed E-state index contributed by atoms with van der Waals surface area (Å²) in [6.07, 6.45) is 7.03. The van der Waals surface area contributed by atoms with Crippen LogP contribution in [0.4, 0.5) is 0 Å². The van der Waals surface area contributed by atoms with Crippen LogP contribution in [0.1, 0.15) is 64.1 Å². The van der Waals surface area contributed by atoms with Crippen molar-refractivity contribution < 1.29 is 9.53 Å². The van der Waals surface area contributed by atoms with Gasteiger partial charge in [0.2, 0.25) is 0 Å². The zero-order valence-corrected chi connectivity index (χ0v) is 18.8. The second-order valence-electron chi connectivity index (χ2n) is 9.24. The molecule has 0 bridgehead atoms. The normalized spacial score (nSPS) is 20.6. The maximum Gasteiger partial charge on any atom is 0.311 e. The first-order valence-corrected chi connectivity index (χ1v) is 11.1. The van der Waals surface area contributed by atoms with Crippen LogP contribution in [0.25, 0.3) is 0 Å². The molecule has 0 saturated heterocycles. The number of allylic oxidation sites excluding steroid dienone is 2. The third-order valence-electron chi connectivity index (χ3n) is 5.77. The van der Waals surface area contributed by atoms with Crippen molar-refractivity contribution in [3.8, 4) is 0 Å². The number of rotatable bonds is 6. The molecular formula is C27H35NO2. The Hall–Kier alpha value is -2.39. The number of esters is 1. The SMILES string of the molecule is C[C@@H](c1ccccc1)N(Cc1ccccc1)[C@H]1CCC=CC[C@@H]1C(=O)OC(C)(C)C. The monoisotopic (exact) mass is 405 g/mol. The van der Waals surface area contributed by atoms with Gasteiger partial charge in [-0.3, -0.25) is 9.69 Å². The van der Waals surface area contributed by atoms with Gasteiger partial charge in [0.1, 0.15) is 5.60 Å². The van der Waals surface area contributed by atoms with E-state index in [2.05, 4.69) is 78.6 Å². The number of hydrogen-bond donors (Lipinski definition) is 0. The van der Waals surface area contributed by atoms with Gasteiger partial charge >= 0.3 is 5.97 Å². The highest BCUT2D eigenvalue weighted by molar-refractivity contribution is 5.74. The van der Waals surface area contributed by atoms with Gasteiger partial charge in [-0.1, -0.05) is 72.8 Å². The van der Waals surface area contributed by atoms with Crippen molar-refractivity contribution in [3.63, 3.8) is 0 Å². The molecule has 0 unspecified atom stereocenters. The highest BCUT2D eigenvalue weighted by Gasteiger charge is 2.37. The van der Waals surface area contributed by atoms with Gasteiger partial charge in [-0.05, 0) is 58.1 Å². The summed E-state index contributed by atoms with van der Waals surface area (Å²) in [7, 11) is 0. The van der Waals surface area contributed by atoms with E-state index < -0.39 is 5.60 Å². The van der Waals surface area contributed by atoms with E-state index in [0.717, 1.165) is 25.8 Å². The number of nitrogens with zero attached hydrogens (tertiary/aromatic N) is 1. The molecule has 3 heteroatoms. The van der Waals surface area contributed by atoms with E-state index in [-0.39, 0.29) is 24.0 Å². The highest BCUT2D eigenvalue weighted by Crippen LogP contribution is 2.34. The summed E-state index contributed by atoms with van der Waals surface area (Å²) < 4.78 is 5.85. The molecule has 0 spiro atoms. The summed E-state index contributed by atoms with van der Waals surface area (Å²) in [6, 6.07) is 21.5. The summed E-state index contributed by atoms with van der Waals surface area (Å²) >= 11 is 0. The van der Waals surface area contributed by atoms with E-state index >= 15 is 0 Å². The van der Waals surface area contributed by atoms with Crippen LogP contribution < -0.4 is 0 Å². The number of hydrogen-bond acceptors (Lipinski definition) is 3. The lowest BCUT2D eigenvalue weighted by molar-refractivity contribution is -0.163. The lowest BCUT2D eigenvalue weighted by atomic mass is 9.90. The van der Waals surface area contributed by atoms with Crippen LogP contribution in [0.15, 0.2) is 72.8 Å². The van der Waals surface area contributed by atoms with E-state index in [1.54, 1.807) is 0 Å². The van der Waals surface area contributed by atoms with Crippen LogP contribution in [-0.2, 0) is 16.1 Å². The Morgan fingerprint density at radius 3 is 2.30 bits per heavy atom. The second-order valence-corrected chi connectivity index (χ2v) is 9.24. The average Bonchev–Trinajstić information content (AvgIpc) is 2.98. The van der Waals surface area contributed by atoms with Gasteiger partial charge in [0.05, 0.1) is 5.92 Å². The molecule has 2 aromatic carbocycles. The molecule has 30 heavy (non-hydrogen) atoms. The Labute approximate surface area is 181 Å². The smallest absolute Gasteiger partial charge is 0.311 e. The summed E-state index contributed by atoms with van der Waals surface area (Å²) in [5.74, 6) is -0.254. The van der Waals surface area contributed by atoms with Gasteiger partial charge in [-0.15, -0.1) is 0 Å². The molecule has 0 amide bonds. The Balaban J connectivity index is 1.95. The first-order chi connectivity index (χ1) is 14.3. The molecule has 0 N–H and O–H groups in total. The first-order valence-electron chi connectivity index (χ1n) is 11.1. The molecular weight excluding hydrogens is 370 g/mol. The van der Waals surface area contributed by atoms with Gasteiger partial charge in [0, 0.05) is 18.6 Å². The quantitative estimate of drug-likeness (QED) is 0.416. The number of ether oxygens (including phenoxy) is 1. The molecule has 3 nitrogen and oxygen atoms in total. The minimum Gasteiger partial charge on any atom is -0.460 e. The van der Waals surface area contributed by atoms with Gasteiger partial charge < -0.3 is 4.74 Å². The van der Waals surface area contributed by atoms with E-state index in [1.165, 1.54) is 11.1 Å². The molecule has 0 fully saturated rings. The number of carbonyl (C=O) groups excluding carboxylic acids is 1. The lowest BCUT2D eigenvalue weighted by Gasteiger charge is -2.40. The van der Waals surface area contributed by atoms with Gasteiger partial charge in [0.15, 0.2) is 0 Å². The predicted molar refractivity (Wildman–Crippen MR) is 123 cm³/mol. The van der Waals surface area contributed by atoms with Crippen molar-refractivity contribution in [2.45, 2.75) is 71.2 Å². The molecule has 0 aliphatic heterocycles. The number of benzene rings is 2. The Bertz CT molecular complexity index is 823. The summed E-state index contributed by atoms with van der Waals surface area (Å²) in [5, 5.41) is 0. The van der Waals surface area contributed by atoms with Crippen molar-refractivity contribution in [3.05, 3.63) is 83.9 Å². The van der Waals surface area contributed by atoms with Crippen molar-refractivity contribution >= 4 is 5.97 Å². The van der Waals surface area contributed by atoms with E-state index in [9.17, 15) is 4.79 Å². The molecule has 0 radical (unpaired) electrons. The highest BCUT2D eigenvalue weighted by atomic mass is 16.6. The molecule has 3 rings (SSSR count). The summed E-state index contributed by atoms with van der Waals surface area (Å²) in [5.41, 5.74) is 2.06. The summed E-state index contributed by atoms with van der Waals surface area (Å²) in [6.45, 7) is 8.89. The number of carbonyl (C=O) groups is 1. The zero-order chi connectivity index (χ0) is 21.6. The Morgan fingerprint density at radius 1 is 1.03 bits per heavy atom. The molecule has 0 saturated carbocycles. The molecule has 1 aliphatic carbocycles. The standard InChI is InChI=1S/C27H35NO2/c1-21(23-16-10-6-11-17-23)28(20-22-14-8-5-9-15-22)25-19-13-7-12-18-24(25)26(29)30-27(2,3)4/h5-12,14-17,21,24-25H,13,18-20H2,1-4H3/t21-,24-,25-/m0/s1. The third kappa shape index (κ3) is 6.06. The molecule has 0 heterocycles. The van der Waals surface area contributed by atoms with E-state index in [4.69, 9.17) is 4.74 Å². The molecule has 2 aromatic rings. The molecule has 160 valence electrons. The Morgan fingerprint density at radius 2 is 1.67 bits per heavy atom. The van der Waals surface area contributed by atoms with Crippen molar-refractivity contribution in [1.29, 1.82) is 0 Å². The zero-order valence-electron chi connectivity index (χ0n) is 18.8. The fourth-order valence-electron chi connectivity index (χ4n) is 4.27. The van der Waals surface area contributed by atoms with Crippen LogP contribution in [0.5, 0.6) is 0 Å². The fraction of sp³-hybridized carbons (Fsp3) is 0.444. The molecule has 1 aliphatic rings. The minimum absolute atomic E-state index is 0.0858. The largest absolute Gasteiger partial charge is 0.460 e. The lowest BCUT2D eigenvalue weighted by Crippen LogP contribution is -2.45. The molecule has 0 aromatic heterocycles. The maximum atomic E-state index is 13.2. The van der Waals surface area contributed by atoms with Crippen molar-refractivity contribution in [1.82, 2.24) is 4.90 Å². The first kappa shape index (κ1) is 22.3. The predicted octanol–water partition coefficient (Wildman–Crippen LogP) is 6.32. The minimum atomic E-state index is -0.479. The average molecular weight is 406 g/mol. The van der Waals surface area contributed by atoms with Crippen molar-refractivity contribution in [2.24, 2.45) is 5.92 Å². The fourth-order valence-corrected chi connectivity index (χ4v) is 4.27. The Kier molecular flexibility index (Phi) is 7.49. The van der Waals surface area contributed by atoms with E-state index in [0.29, 0.717) is 0 Å². The van der Waals surface area contributed by atoms with Gasteiger partial charge in [-0.2, -0.15) is 0 Å². The molecule has 3 atom stereocenters. The maximum absolute atomic E-state index is 13.2. The van der Waals surface area contributed by atoms with Crippen LogP contribution in [0.3, 0.4) is 0 Å². The summed E-state index contributed by atoms with van der Waals surface area (Å²) in [4.78, 5) is 15.7. The van der Waals surface area contributed by atoms with Crippen LogP contribution in [0, 0.1) is 5.92 Å². The third-order valence-corrected chi connectivity index (χ3v) is 5.77. The van der Waals surface area contributed by atoms with E-state index in [1.807, 2.05) is 26.8 Å². The topological polar surface area (TPSA) is 29.5 Å². The van der Waals surface area contributed by atoms with Crippen LogP contribution in [0.2, 0.25) is 0 Å². The van der Waals surface area contributed by atoms with Gasteiger partial charge in [0.25, 0.3) is 0 Å².